The lowest BCUT2D eigenvalue weighted by molar-refractivity contribution is 0.233. The van der Waals surface area contributed by atoms with Gasteiger partial charge in [-0.2, -0.15) is 0 Å². The van der Waals surface area contributed by atoms with Crippen molar-refractivity contribution in [2.45, 2.75) is 38.0 Å². The van der Waals surface area contributed by atoms with Crippen LogP contribution in [0.1, 0.15) is 43.6 Å². The number of aliphatic hydroxyl groups excluding tert-OH is 1. The minimum absolute atomic E-state index is 0.197. The van der Waals surface area contributed by atoms with E-state index in [-0.39, 0.29) is 6.61 Å². The maximum absolute atomic E-state index is 8.69. The maximum atomic E-state index is 8.69. The first-order valence-electron chi connectivity index (χ1n) is 6.24. The summed E-state index contributed by atoms with van der Waals surface area (Å²) in [5.41, 5.74) is 1.42. The van der Waals surface area contributed by atoms with E-state index in [4.69, 9.17) is 9.84 Å². The molecule has 0 aliphatic heterocycles. The maximum Gasteiger partial charge on any atom is 0.119 e. The van der Waals surface area contributed by atoms with Crippen LogP contribution in [0, 0.1) is 0 Å². The quantitative estimate of drug-likeness (QED) is 0.773. The van der Waals surface area contributed by atoms with Crippen molar-refractivity contribution in [1.29, 1.82) is 0 Å². The summed E-state index contributed by atoms with van der Waals surface area (Å²) in [7, 11) is 0. The van der Waals surface area contributed by atoms with Crippen molar-refractivity contribution in [3.8, 4) is 5.75 Å². The monoisotopic (exact) mass is 220 g/mol. The lowest BCUT2D eigenvalue weighted by Gasteiger charge is -2.11. The van der Waals surface area contributed by atoms with E-state index in [9.17, 15) is 0 Å². The van der Waals surface area contributed by atoms with E-state index < -0.39 is 0 Å². The summed E-state index contributed by atoms with van der Waals surface area (Å²) < 4.78 is 5.59. The molecule has 0 radical (unpaired) electrons. The van der Waals surface area contributed by atoms with Crippen molar-refractivity contribution in [2.75, 3.05) is 13.2 Å². The molecule has 2 heteroatoms. The molecule has 0 amide bonds. The van der Waals surface area contributed by atoms with Gasteiger partial charge in [-0.25, -0.2) is 0 Å². The van der Waals surface area contributed by atoms with Gasteiger partial charge in [-0.3, -0.25) is 0 Å². The molecule has 0 unspecified atom stereocenters. The third kappa shape index (κ3) is 2.99. The largest absolute Gasteiger partial charge is 0.493 e. The van der Waals surface area contributed by atoms with Crippen LogP contribution < -0.4 is 4.74 Å². The smallest absolute Gasteiger partial charge is 0.119 e. The number of rotatable bonds is 5. The van der Waals surface area contributed by atoms with Crippen LogP contribution >= 0.6 is 0 Å². The second-order valence-electron chi connectivity index (χ2n) is 4.48. The van der Waals surface area contributed by atoms with Gasteiger partial charge >= 0.3 is 0 Å². The summed E-state index contributed by atoms with van der Waals surface area (Å²) in [6, 6.07) is 8.43. The van der Waals surface area contributed by atoms with Gasteiger partial charge in [-0.1, -0.05) is 25.0 Å². The predicted octanol–water partition coefficient (Wildman–Crippen LogP) is 3.11. The fourth-order valence-corrected chi connectivity index (χ4v) is 2.37. The zero-order valence-corrected chi connectivity index (χ0v) is 9.69. The number of benzene rings is 1. The van der Waals surface area contributed by atoms with E-state index in [1.54, 1.807) is 0 Å². The van der Waals surface area contributed by atoms with Gasteiger partial charge in [-0.15, -0.1) is 0 Å². The topological polar surface area (TPSA) is 29.5 Å². The Kier molecular flexibility index (Phi) is 4.23. The molecule has 1 N–H and O–H groups in total. The fourth-order valence-electron chi connectivity index (χ4n) is 2.37. The Morgan fingerprint density at radius 2 is 2.06 bits per heavy atom. The third-order valence-electron chi connectivity index (χ3n) is 3.26. The Morgan fingerprint density at radius 3 is 2.81 bits per heavy atom. The van der Waals surface area contributed by atoms with E-state index in [1.807, 2.05) is 6.07 Å². The zero-order valence-electron chi connectivity index (χ0n) is 9.69. The van der Waals surface area contributed by atoms with Gasteiger partial charge in [0.2, 0.25) is 0 Å². The van der Waals surface area contributed by atoms with Crippen LogP contribution in [0.15, 0.2) is 24.3 Å². The van der Waals surface area contributed by atoms with Gasteiger partial charge in [0.1, 0.15) is 5.75 Å². The first-order valence-corrected chi connectivity index (χ1v) is 6.24. The molecular formula is C14H20O2. The molecule has 1 fully saturated rings. The summed E-state index contributed by atoms with van der Waals surface area (Å²) in [6.45, 7) is 0.799. The van der Waals surface area contributed by atoms with Crippen molar-refractivity contribution in [3.63, 3.8) is 0 Å². The summed E-state index contributed by atoms with van der Waals surface area (Å²) >= 11 is 0. The Hall–Kier alpha value is -1.02. The third-order valence-corrected chi connectivity index (χ3v) is 3.26. The average molecular weight is 220 g/mol. The molecule has 1 aromatic rings. The first-order chi connectivity index (χ1) is 7.90. The van der Waals surface area contributed by atoms with Gasteiger partial charge < -0.3 is 9.84 Å². The van der Waals surface area contributed by atoms with E-state index in [0.29, 0.717) is 13.0 Å². The Balaban J connectivity index is 1.95. The second kappa shape index (κ2) is 5.90. The summed E-state index contributed by atoms with van der Waals surface area (Å²) in [5.74, 6) is 1.68. The van der Waals surface area contributed by atoms with E-state index >= 15 is 0 Å². The Labute approximate surface area is 97.3 Å². The molecular weight excluding hydrogens is 200 g/mol. The minimum atomic E-state index is 0.197. The van der Waals surface area contributed by atoms with E-state index in [0.717, 1.165) is 11.7 Å². The fraction of sp³-hybridized carbons (Fsp3) is 0.571. The normalized spacial score (nSPS) is 16.6. The van der Waals surface area contributed by atoms with Gasteiger partial charge in [0, 0.05) is 13.0 Å². The van der Waals surface area contributed by atoms with Gasteiger partial charge in [-0.05, 0) is 36.5 Å². The average Bonchev–Trinajstić information content (AvgIpc) is 2.83. The van der Waals surface area contributed by atoms with Gasteiger partial charge in [0.05, 0.1) is 6.61 Å². The van der Waals surface area contributed by atoms with Crippen LogP contribution in [0.5, 0.6) is 5.75 Å². The van der Waals surface area contributed by atoms with Crippen molar-refractivity contribution in [3.05, 3.63) is 29.8 Å². The number of hydrogen-bond acceptors (Lipinski definition) is 2. The van der Waals surface area contributed by atoms with Crippen LogP contribution in [0.25, 0.3) is 0 Å². The molecule has 0 spiro atoms. The minimum Gasteiger partial charge on any atom is -0.493 e. The SMILES string of the molecule is OCCCOc1cccc(C2CCCC2)c1. The second-order valence-corrected chi connectivity index (χ2v) is 4.48. The van der Waals surface area contributed by atoms with E-state index in [2.05, 4.69) is 18.2 Å². The molecule has 2 nitrogen and oxygen atoms in total. The highest BCUT2D eigenvalue weighted by Crippen LogP contribution is 2.35. The van der Waals surface area contributed by atoms with Crippen LogP contribution in [0.3, 0.4) is 0 Å². The molecule has 88 valence electrons. The summed E-state index contributed by atoms with van der Waals surface area (Å²) in [6.07, 6.45) is 6.06. The van der Waals surface area contributed by atoms with Crippen molar-refractivity contribution >= 4 is 0 Å². The van der Waals surface area contributed by atoms with Crippen LogP contribution in [0.4, 0.5) is 0 Å². The molecule has 1 aliphatic carbocycles. The number of aliphatic hydroxyl groups is 1. The number of ether oxygens (including phenoxy) is 1. The highest BCUT2D eigenvalue weighted by molar-refractivity contribution is 5.31. The van der Waals surface area contributed by atoms with Crippen molar-refractivity contribution in [1.82, 2.24) is 0 Å². The van der Waals surface area contributed by atoms with Gasteiger partial charge in [0.25, 0.3) is 0 Å². The summed E-state index contributed by atoms with van der Waals surface area (Å²) in [4.78, 5) is 0. The summed E-state index contributed by atoms with van der Waals surface area (Å²) in [5, 5.41) is 8.69. The lowest BCUT2D eigenvalue weighted by atomic mass is 9.98. The van der Waals surface area contributed by atoms with Crippen LogP contribution in [-0.4, -0.2) is 18.3 Å². The lowest BCUT2D eigenvalue weighted by Crippen LogP contribution is -2.00. The molecule has 0 bridgehead atoms. The Bertz CT molecular complexity index is 316. The molecule has 0 saturated heterocycles. The number of hydrogen-bond donors (Lipinski definition) is 1. The van der Waals surface area contributed by atoms with Crippen LogP contribution in [0.2, 0.25) is 0 Å². The predicted molar refractivity (Wildman–Crippen MR) is 64.8 cm³/mol. The van der Waals surface area contributed by atoms with E-state index in [1.165, 1.54) is 31.2 Å². The Morgan fingerprint density at radius 1 is 1.25 bits per heavy atom. The van der Waals surface area contributed by atoms with Crippen molar-refractivity contribution in [2.24, 2.45) is 0 Å². The molecule has 0 aromatic heterocycles. The highest BCUT2D eigenvalue weighted by Gasteiger charge is 2.17. The molecule has 1 aromatic carbocycles. The standard InChI is InChI=1S/C14H20O2/c15-9-4-10-16-14-8-3-7-13(11-14)12-5-1-2-6-12/h3,7-8,11-12,15H,1-2,4-6,9-10H2. The molecule has 0 atom stereocenters. The van der Waals surface area contributed by atoms with Crippen LogP contribution in [-0.2, 0) is 0 Å². The first kappa shape index (κ1) is 11.5. The van der Waals surface area contributed by atoms with Crippen molar-refractivity contribution < 1.29 is 9.84 Å². The molecule has 16 heavy (non-hydrogen) atoms. The molecule has 1 aliphatic rings. The molecule has 1 saturated carbocycles. The molecule has 2 rings (SSSR count). The molecule has 0 heterocycles. The van der Waals surface area contributed by atoms with Gasteiger partial charge in [0.15, 0.2) is 0 Å². The zero-order chi connectivity index (χ0) is 11.2. The highest BCUT2D eigenvalue weighted by atomic mass is 16.5.